The predicted octanol–water partition coefficient (Wildman–Crippen LogP) is 3.08. The van der Waals surface area contributed by atoms with Gasteiger partial charge >= 0.3 is 5.97 Å². The van der Waals surface area contributed by atoms with Crippen molar-refractivity contribution in [2.24, 2.45) is 11.1 Å². The number of nitrogens with two attached hydrogens (primary N) is 1. The maximum absolute atomic E-state index is 11.7. The average Bonchev–Trinajstić information content (AvgIpc) is 2.31. The molecule has 19 heavy (non-hydrogen) atoms. The van der Waals surface area contributed by atoms with Gasteiger partial charge in [-0.25, -0.2) is 0 Å². The Labute approximate surface area is 127 Å². The van der Waals surface area contributed by atoms with Gasteiger partial charge in [-0.1, -0.05) is 15.9 Å². The molecule has 0 amide bonds. The minimum atomic E-state index is -0.917. The number of benzene rings is 1. The van der Waals surface area contributed by atoms with Crippen molar-refractivity contribution in [1.29, 1.82) is 0 Å². The van der Waals surface area contributed by atoms with Crippen molar-refractivity contribution in [3.05, 3.63) is 27.7 Å². The van der Waals surface area contributed by atoms with Gasteiger partial charge in [-0.3, -0.25) is 4.79 Å². The van der Waals surface area contributed by atoms with Crippen molar-refractivity contribution in [3.63, 3.8) is 0 Å². The first-order valence-corrected chi connectivity index (χ1v) is 6.34. The molecule has 4 nitrogen and oxygen atoms in total. The van der Waals surface area contributed by atoms with Gasteiger partial charge in [0.25, 0.3) is 0 Å². The van der Waals surface area contributed by atoms with Crippen LogP contribution in [0.2, 0.25) is 0 Å². The summed E-state index contributed by atoms with van der Waals surface area (Å²) in [6.45, 7) is 5.17. The van der Waals surface area contributed by atoms with E-state index in [9.17, 15) is 9.90 Å². The summed E-state index contributed by atoms with van der Waals surface area (Å²) in [5.74, 6) is -0.297. The summed E-state index contributed by atoms with van der Waals surface area (Å²) >= 11 is 3.35. The lowest BCUT2D eigenvalue weighted by Crippen LogP contribution is -2.37. The standard InChI is InChI=1S/C13H18BrNO3.ClH/c1-7-5-8(14)6-9(10(7)16)11(15)13(2,3)12(17)18-4;/h5-6,11,16H,15H2,1-4H3;1H/t11-;/m0./s1. The van der Waals surface area contributed by atoms with Gasteiger partial charge in [0, 0.05) is 16.1 Å². The highest BCUT2D eigenvalue weighted by atomic mass is 79.9. The van der Waals surface area contributed by atoms with E-state index in [1.807, 2.05) is 0 Å². The topological polar surface area (TPSA) is 72.5 Å². The number of phenolic OH excluding ortho intramolecular Hbond substituents is 1. The molecule has 1 atom stereocenters. The Morgan fingerprint density at radius 2 is 2.00 bits per heavy atom. The molecule has 0 radical (unpaired) electrons. The van der Waals surface area contributed by atoms with Gasteiger partial charge in [-0.2, -0.15) is 0 Å². The van der Waals surface area contributed by atoms with Crippen LogP contribution in [0, 0.1) is 12.3 Å². The summed E-state index contributed by atoms with van der Waals surface area (Å²) in [6.07, 6.45) is 0. The van der Waals surface area contributed by atoms with Crippen molar-refractivity contribution in [2.45, 2.75) is 26.8 Å². The molecule has 0 unspecified atom stereocenters. The highest BCUT2D eigenvalue weighted by Gasteiger charge is 2.38. The number of carbonyl (C=O) groups is 1. The Kier molecular flexibility index (Phi) is 6.32. The van der Waals surface area contributed by atoms with Gasteiger partial charge in [0.15, 0.2) is 0 Å². The minimum Gasteiger partial charge on any atom is -0.507 e. The second kappa shape index (κ2) is 6.59. The molecule has 0 aromatic heterocycles. The molecule has 0 heterocycles. The molecule has 1 aromatic rings. The monoisotopic (exact) mass is 351 g/mol. The van der Waals surface area contributed by atoms with E-state index >= 15 is 0 Å². The van der Waals surface area contributed by atoms with Crippen molar-refractivity contribution < 1.29 is 14.6 Å². The highest BCUT2D eigenvalue weighted by molar-refractivity contribution is 9.10. The number of esters is 1. The first-order valence-electron chi connectivity index (χ1n) is 5.54. The number of methoxy groups -OCH3 is 1. The van der Waals surface area contributed by atoms with E-state index in [2.05, 4.69) is 15.9 Å². The zero-order valence-corrected chi connectivity index (χ0v) is 13.8. The summed E-state index contributed by atoms with van der Waals surface area (Å²) in [7, 11) is 1.32. The molecule has 6 heteroatoms. The zero-order chi connectivity index (χ0) is 14.1. The van der Waals surface area contributed by atoms with E-state index in [1.165, 1.54) is 7.11 Å². The van der Waals surface area contributed by atoms with E-state index < -0.39 is 17.4 Å². The molecule has 0 saturated carbocycles. The normalized spacial score (nSPS) is 12.5. The number of ether oxygens (including phenoxy) is 1. The SMILES string of the molecule is COC(=O)C(C)(C)[C@@H](N)c1cc(Br)cc(C)c1O.Cl. The highest BCUT2D eigenvalue weighted by Crippen LogP contribution is 2.39. The van der Waals surface area contributed by atoms with Crippen molar-refractivity contribution in [2.75, 3.05) is 7.11 Å². The molecule has 1 rings (SSSR count). The quantitative estimate of drug-likeness (QED) is 0.820. The predicted molar refractivity (Wildman–Crippen MR) is 80.5 cm³/mol. The number of phenols is 1. The van der Waals surface area contributed by atoms with Gasteiger partial charge in [0.2, 0.25) is 0 Å². The Bertz CT molecular complexity index is 477. The van der Waals surface area contributed by atoms with Crippen LogP contribution in [-0.2, 0) is 9.53 Å². The fraction of sp³-hybridized carbons (Fsp3) is 0.462. The van der Waals surface area contributed by atoms with Crippen LogP contribution < -0.4 is 5.73 Å². The Morgan fingerprint density at radius 1 is 1.47 bits per heavy atom. The fourth-order valence-electron chi connectivity index (χ4n) is 1.78. The molecular weight excluding hydrogens is 334 g/mol. The lowest BCUT2D eigenvalue weighted by atomic mass is 9.80. The van der Waals surface area contributed by atoms with Gasteiger partial charge in [-0.15, -0.1) is 12.4 Å². The second-order valence-corrected chi connectivity index (χ2v) is 5.77. The molecule has 0 aliphatic heterocycles. The molecule has 3 N–H and O–H groups in total. The third kappa shape index (κ3) is 3.61. The van der Waals surface area contributed by atoms with Crippen LogP contribution >= 0.6 is 28.3 Å². The summed E-state index contributed by atoms with van der Waals surface area (Å²) in [5, 5.41) is 10.1. The summed E-state index contributed by atoms with van der Waals surface area (Å²) < 4.78 is 5.55. The van der Waals surface area contributed by atoms with Crippen molar-refractivity contribution >= 4 is 34.3 Å². The number of halogens is 2. The maximum Gasteiger partial charge on any atom is 0.313 e. The molecule has 0 saturated heterocycles. The van der Waals surface area contributed by atoms with Gasteiger partial charge in [0.05, 0.1) is 12.5 Å². The van der Waals surface area contributed by atoms with Crippen LogP contribution in [0.5, 0.6) is 5.75 Å². The van der Waals surface area contributed by atoms with Crippen LogP contribution in [0.25, 0.3) is 0 Å². The third-order valence-electron chi connectivity index (χ3n) is 3.12. The lowest BCUT2D eigenvalue weighted by molar-refractivity contribution is -0.152. The number of hydrogen-bond donors (Lipinski definition) is 2. The zero-order valence-electron chi connectivity index (χ0n) is 11.4. The van der Waals surface area contributed by atoms with Crippen molar-refractivity contribution in [3.8, 4) is 5.75 Å². The van der Waals surface area contributed by atoms with Crippen molar-refractivity contribution in [1.82, 2.24) is 0 Å². The van der Waals surface area contributed by atoms with E-state index in [0.717, 1.165) is 4.47 Å². The van der Waals surface area contributed by atoms with Crippen LogP contribution in [0.15, 0.2) is 16.6 Å². The largest absolute Gasteiger partial charge is 0.507 e. The first kappa shape index (κ1) is 18.2. The van der Waals surface area contributed by atoms with Gasteiger partial charge in [0.1, 0.15) is 5.75 Å². The summed E-state index contributed by atoms with van der Waals surface area (Å²) in [6, 6.07) is 2.86. The molecule has 1 aromatic carbocycles. The van der Waals surface area contributed by atoms with Crippen LogP contribution in [0.1, 0.15) is 31.0 Å². The second-order valence-electron chi connectivity index (χ2n) is 4.85. The Morgan fingerprint density at radius 3 is 2.47 bits per heavy atom. The van der Waals surface area contributed by atoms with E-state index in [0.29, 0.717) is 11.1 Å². The molecule has 0 spiro atoms. The maximum atomic E-state index is 11.7. The fourth-order valence-corrected chi connectivity index (χ4v) is 2.37. The smallest absolute Gasteiger partial charge is 0.313 e. The summed E-state index contributed by atoms with van der Waals surface area (Å²) in [4.78, 5) is 11.7. The Balaban J connectivity index is 0.00000324. The van der Waals surface area contributed by atoms with Gasteiger partial charge in [-0.05, 0) is 38.5 Å². The van der Waals surface area contributed by atoms with Gasteiger partial charge < -0.3 is 15.6 Å². The molecular formula is C13H19BrClNO3. The molecule has 0 fully saturated rings. The third-order valence-corrected chi connectivity index (χ3v) is 3.58. The number of carbonyl (C=O) groups excluding carboxylic acids is 1. The van der Waals surface area contributed by atoms with E-state index in [4.69, 9.17) is 10.5 Å². The number of hydrogen-bond acceptors (Lipinski definition) is 4. The molecule has 108 valence electrons. The molecule has 0 bridgehead atoms. The molecule has 0 aliphatic rings. The Hall–Kier alpha value is -0.780. The number of rotatable bonds is 3. The molecule has 0 aliphatic carbocycles. The van der Waals surface area contributed by atoms with E-state index in [-0.39, 0.29) is 18.2 Å². The average molecular weight is 353 g/mol. The number of aromatic hydroxyl groups is 1. The van der Waals surface area contributed by atoms with E-state index in [1.54, 1.807) is 32.9 Å². The number of aryl methyl sites for hydroxylation is 1. The minimum absolute atomic E-state index is 0. The van der Waals surface area contributed by atoms with Crippen LogP contribution in [0.3, 0.4) is 0 Å². The van der Waals surface area contributed by atoms with Crippen LogP contribution in [0.4, 0.5) is 0 Å². The lowest BCUT2D eigenvalue weighted by Gasteiger charge is -2.29. The summed E-state index contributed by atoms with van der Waals surface area (Å²) in [5.41, 5.74) is 6.42. The van der Waals surface area contributed by atoms with Crippen LogP contribution in [-0.4, -0.2) is 18.2 Å². The first-order chi connectivity index (χ1) is 8.21.